The van der Waals surface area contributed by atoms with E-state index < -0.39 is 5.97 Å². The predicted molar refractivity (Wildman–Crippen MR) is 97.7 cm³/mol. The summed E-state index contributed by atoms with van der Waals surface area (Å²) >= 11 is 3.35. The molecular weight excluding hydrogens is 348 g/mol. The molecule has 1 aromatic rings. The summed E-state index contributed by atoms with van der Waals surface area (Å²) in [4.78, 5) is 28.2. The number of esters is 1. The van der Waals surface area contributed by atoms with Crippen molar-refractivity contribution in [1.82, 2.24) is 5.32 Å². The molecule has 0 aromatic heterocycles. The average molecular weight is 368 g/mol. The van der Waals surface area contributed by atoms with E-state index in [0.717, 1.165) is 22.2 Å². The molecule has 6 nitrogen and oxygen atoms in total. The second-order valence-corrected chi connectivity index (χ2v) is 7.17. The standard InChI is InChI=1S/C16H20N2O4S2/c1-21-8-6-17-14(19)10-22-15(20)13-5-3-2-4-12(13)11-24-16-18-7-9-23-16/h2-5H,6-11H2,1H3,(H,17,19). The molecule has 1 aliphatic heterocycles. The van der Waals surface area contributed by atoms with Crippen LogP contribution < -0.4 is 5.32 Å². The Morgan fingerprint density at radius 2 is 2.21 bits per heavy atom. The van der Waals surface area contributed by atoms with Crippen LogP contribution in [0, 0.1) is 0 Å². The first-order valence-corrected chi connectivity index (χ1v) is 9.48. The number of ether oxygens (including phenoxy) is 2. The Bertz CT molecular complexity index is 607. The van der Waals surface area contributed by atoms with E-state index in [1.54, 1.807) is 42.8 Å². The quantitative estimate of drug-likeness (QED) is 0.558. The summed E-state index contributed by atoms with van der Waals surface area (Å²) in [5.41, 5.74) is 1.36. The number of hydrogen-bond donors (Lipinski definition) is 1. The van der Waals surface area contributed by atoms with Gasteiger partial charge in [0.1, 0.15) is 4.38 Å². The van der Waals surface area contributed by atoms with Crippen LogP contribution in [0.3, 0.4) is 0 Å². The monoisotopic (exact) mass is 368 g/mol. The third kappa shape index (κ3) is 6.18. The number of benzene rings is 1. The molecule has 2 rings (SSSR count). The van der Waals surface area contributed by atoms with Crippen molar-refractivity contribution in [3.63, 3.8) is 0 Å². The fourth-order valence-corrected chi connectivity index (χ4v) is 3.95. The molecule has 0 spiro atoms. The van der Waals surface area contributed by atoms with Crippen molar-refractivity contribution in [2.45, 2.75) is 5.75 Å². The van der Waals surface area contributed by atoms with Gasteiger partial charge in [0, 0.05) is 25.2 Å². The largest absolute Gasteiger partial charge is 0.452 e. The highest BCUT2D eigenvalue weighted by molar-refractivity contribution is 8.38. The van der Waals surface area contributed by atoms with Crippen LogP contribution in [0.5, 0.6) is 0 Å². The minimum atomic E-state index is -0.492. The van der Waals surface area contributed by atoms with Gasteiger partial charge in [-0.15, -0.1) is 0 Å². The summed E-state index contributed by atoms with van der Waals surface area (Å²) < 4.78 is 11.0. The van der Waals surface area contributed by atoms with Gasteiger partial charge in [-0.2, -0.15) is 0 Å². The first-order valence-electron chi connectivity index (χ1n) is 7.51. The van der Waals surface area contributed by atoms with Crippen LogP contribution >= 0.6 is 23.5 Å². The molecule has 0 aliphatic carbocycles. The molecule has 1 aromatic carbocycles. The number of nitrogens with zero attached hydrogens (tertiary/aromatic N) is 1. The van der Waals surface area contributed by atoms with Gasteiger partial charge in [-0.05, 0) is 11.6 Å². The fourth-order valence-electron chi connectivity index (χ4n) is 1.94. The van der Waals surface area contributed by atoms with Gasteiger partial charge in [-0.1, -0.05) is 41.7 Å². The highest BCUT2D eigenvalue weighted by Crippen LogP contribution is 2.26. The van der Waals surface area contributed by atoms with Crippen molar-refractivity contribution in [1.29, 1.82) is 0 Å². The van der Waals surface area contributed by atoms with E-state index in [0.29, 0.717) is 24.5 Å². The number of carbonyl (C=O) groups excluding carboxylic acids is 2. The second kappa shape index (κ2) is 10.4. The number of aliphatic imine (C=N–C) groups is 1. The maximum absolute atomic E-state index is 12.2. The molecule has 0 bridgehead atoms. The number of amides is 1. The number of thioether (sulfide) groups is 2. The maximum atomic E-state index is 12.2. The molecule has 1 amide bonds. The van der Waals surface area contributed by atoms with E-state index in [1.807, 2.05) is 12.1 Å². The molecule has 0 radical (unpaired) electrons. The molecule has 8 heteroatoms. The van der Waals surface area contributed by atoms with Gasteiger partial charge < -0.3 is 14.8 Å². The molecule has 0 fully saturated rings. The van der Waals surface area contributed by atoms with E-state index in [9.17, 15) is 9.59 Å². The first-order chi connectivity index (χ1) is 11.7. The molecule has 1 heterocycles. The smallest absolute Gasteiger partial charge is 0.338 e. The van der Waals surface area contributed by atoms with Crippen LogP contribution in [0.4, 0.5) is 0 Å². The molecule has 130 valence electrons. The lowest BCUT2D eigenvalue weighted by atomic mass is 10.1. The number of carbonyl (C=O) groups is 2. The van der Waals surface area contributed by atoms with E-state index in [4.69, 9.17) is 9.47 Å². The zero-order valence-corrected chi connectivity index (χ0v) is 15.1. The van der Waals surface area contributed by atoms with Crippen LogP contribution in [0.15, 0.2) is 29.3 Å². The van der Waals surface area contributed by atoms with Crippen molar-refractivity contribution in [2.75, 3.05) is 39.2 Å². The predicted octanol–water partition coefficient (Wildman–Crippen LogP) is 1.94. The molecule has 0 saturated carbocycles. The Morgan fingerprint density at radius 1 is 1.38 bits per heavy atom. The molecule has 1 N–H and O–H groups in total. The van der Waals surface area contributed by atoms with Gasteiger partial charge in [0.25, 0.3) is 5.91 Å². The van der Waals surface area contributed by atoms with Gasteiger partial charge in [0.05, 0.1) is 18.7 Å². The van der Waals surface area contributed by atoms with E-state index in [-0.39, 0.29) is 12.5 Å². The number of rotatable bonds is 8. The lowest BCUT2D eigenvalue weighted by Crippen LogP contribution is -2.31. The Morgan fingerprint density at radius 3 is 2.96 bits per heavy atom. The Labute approximate surface area is 149 Å². The minimum absolute atomic E-state index is 0.299. The van der Waals surface area contributed by atoms with E-state index in [2.05, 4.69) is 10.3 Å². The van der Waals surface area contributed by atoms with Gasteiger partial charge in [-0.3, -0.25) is 9.79 Å². The molecular formula is C16H20N2O4S2. The van der Waals surface area contributed by atoms with Crippen molar-refractivity contribution >= 4 is 39.8 Å². The van der Waals surface area contributed by atoms with Crippen molar-refractivity contribution in [3.8, 4) is 0 Å². The second-order valence-electron chi connectivity index (χ2n) is 4.86. The fraction of sp³-hybridized carbons (Fsp3) is 0.438. The lowest BCUT2D eigenvalue weighted by molar-refractivity contribution is -0.124. The lowest BCUT2D eigenvalue weighted by Gasteiger charge is -2.09. The molecule has 0 saturated heterocycles. The van der Waals surface area contributed by atoms with Crippen LogP contribution in [0.1, 0.15) is 15.9 Å². The Kier molecular flexibility index (Phi) is 8.14. The molecule has 0 atom stereocenters. The van der Waals surface area contributed by atoms with Gasteiger partial charge in [0.15, 0.2) is 6.61 Å². The highest BCUT2D eigenvalue weighted by Gasteiger charge is 2.15. The summed E-state index contributed by atoms with van der Waals surface area (Å²) in [5, 5.41) is 2.60. The van der Waals surface area contributed by atoms with Crippen molar-refractivity contribution in [2.24, 2.45) is 4.99 Å². The summed E-state index contributed by atoms with van der Waals surface area (Å²) in [6, 6.07) is 7.27. The minimum Gasteiger partial charge on any atom is -0.452 e. The zero-order valence-electron chi connectivity index (χ0n) is 13.4. The number of hydrogen-bond acceptors (Lipinski definition) is 7. The van der Waals surface area contributed by atoms with E-state index >= 15 is 0 Å². The van der Waals surface area contributed by atoms with E-state index in [1.165, 1.54) is 0 Å². The summed E-state index contributed by atoms with van der Waals surface area (Å²) in [6.07, 6.45) is 0. The van der Waals surface area contributed by atoms with Gasteiger partial charge in [0.2, 0.25) is 0 Å². The van der Waals surface area contributed by atoms with Gasteiger partial charge >= 0.3 is 5.97 Å². The third-order valence-electron chi connectivity index (χ3n) is 3.11. The Hall–Kier alpha value is -1.51. The SMILES string of the molecule is COCCNC(=O)COC(=O)c1ccccc1CSC1=NCCS1. The third-order valence-corrected chi connectivity index (χ3v) is 5.41. The summed E-state index contributed by atoms with van der Waals surface area (Å²) in [6.45, 7) is 1.36. The van der Waals surface area contributed by atoms with Crippen LogP contribution in [-0.2, 0) is 20.0 Å². The maximum Gasteiger partial charge on any atom is 0.338 e. The van der Waals surface area contributed by atoms with Crippen molar-refractivity contribution < 1.29 is 19.1 Å². The number of methoxy groups -OCH3 is 1. The zero-order chi connectivity index (χ0) is 17.2. The van der Waals surface area contributed by atoms with Crippen LogP contribution in [0.25, 0.3) is 0 Å². The number of nitrogens with one attached hydrogen (secondary N) is 1. The van der Waals surface area contributed by atoms with Crippen LogP contribution in [-0.4, -0.2) is 55.4 Å². The first kappa shape index (κ1) is 18.8. The van der Waals surface area contributed by atoms with Gasteiger partial charge in [-0.25, -0.2) is 4.79 Å². The summed E-state index contributed by atoms with van der Waals surface area (Å²) in [7, 11) is 1.55. The summed E-state index contributed by atoms with van der Waals surface area (Å²) in [5.74, 6) is 0.833. The molecule has 1 aliphatic rings. The molecule has 24 heavy (non-hydrogen) atoms. The van der Waals surface area contributed by atoms with Crippen LogP contribution in [0.2, 0.25) is 0 Å². The van der Waals surface area contributed by atoms with Crippen molar-refractivity contribution in [3.05, 3.63) is 35.4 Å². The highest BCUT2D eigenvalue weighted by atomic mass is 32.2. The topological polar surface area (TPSA) is 77.0 Å². The normalized spacial score (nSPS) is 13.5. The average Bonchev–Trinajstić information content (AvgIpc) is 3.12. The Balaban J connectivity index is 1.85. The molecule has 0 unspecified atom stereocenters.